The van der Waals surface area contributed by atoms with Gasteiger partial charge in [-0.1, -0.05) is 32.0 Å². The number of hydrazone groups is 1. The van der Waals surface area contributed by atoms with Crippen molar-refractivity contribution in [3.8, 4) is 5.69 Å². The number of hydrogen-bond acceptors (Lipinski definition) is 2. The number of alkyl halides is 3. The van der Waals surface area contributed by atoms with Gasteiger partial charge in [-0.15, -0.1) is 0 Å². The van der Waals surface area contributed by atoms with Gasteiger partial charge in [0.15, 0.2) is 0 Å². The van der Waals surface area contributed by atoms with Gasteiger partial charge in [-0.25, -0.2) is 5.43 Å². The number of carbonyl (C=O) groups is 1. The summed E-state index contributed by atoms with van der Waals surface area (Å²) in [6, 6.07) is 14.5. The van der Waals surface area contributed by atoms with Crippen molar-refractivity contribution in [3.63, 3.8) is 0 Å². The van der Waals surface area contributed by atoms with E-state index in [9.17, 15) is 18.0 Å². The van der Waals surface area contributed by atoms with Crippen molar-refractivity contribution in [3.05, 3.63) is 88.2 Å². The van der Waals surface area contributed by atoms with Crippen molar-refractivity contribution in [1.82, 2.24) is 9.99 Å². The Hall–Kier alpha value is -3.35. The number of aryl methyl sites for hydroxylation is 1. The van der Waals surface area contributed by atoms with Crippen LogP contribution in [0.1, 0.15) is 58.2 Å². The Bertz CT molecular complexity index is 1110. The zero-order valence-corrected chi connectivity index (χ0v) is 17.8. The van der Waals surface area contributed by atoms with E-state index in [1.807, 2.05) is 19.9 Å². The van der Waals surface area contributed by atoms with Crippen LogP contribution in [-0.4, -0.2) is 16.7 Å². The molecule has 0 radical (unpaired) electrons. The summed E-state index contributed by atoms with van der Waals surface area (Å²) in [5.41, 5.74) is 6.32. The Morgan fingerprint density at radius 3 is 2.35 bits per heavy atom. The maximum absolute atomic E-state index is 12.8. The van der Waals surface area contributed by atoms with E-state index in [4.69, 9.17) is 0 Å². The summed E-state index contributed by atoms with van der Waals surface area (Å²) in [6.07, 6.45) is -3.02. The summed E-state index contributed by atoms with van der Waals surface area (Å²) < 4.78 is 40.6. The fourth-order valence-corrected chi connectivity index (χ4v) is 3.39. The molecule has 162 valence electrons. The molecule has 3 rings (SSSR count). The molecule has 0 atom stereocenters. The molecule has 2 aromatic carbocycles. The summed E-state index contributed by atoms with van der Waals surface area (Å²) in [6.45, 7) is 8.20. The van der Waals surface area contributed by atoms with E-state index < -0.39 is 17.6 Å². The number of rotatable bonds is 5. The van der Waals surface area contributed by atoms with E-state index in [0.29, 0.717) is 5.92 Å². The minimum atomic E-state index is -4.51. The lowest BCUT2D eigenvalue weighted by Crippen LogP contribution is -2.18. The van der Waals surface area contributed by atoms with Crippen molar-refractivity contribution in [2.24, 2.45) is 5.10 Å². The summed E-state index contributed by atoms with van der Waals surface area (Å²) in [5, 5.41) is 3.94. The van der Waals surface area contributed by atoms with Crippen molar-refractivity contribution in [2.45, 2.75) is 39.8 Å². The molecule has 0 unspecified atom stereocenters. The third kappa shape index (κ3) is 5.05. The van der Waals surface area contributed by atoms with Crippen LogP contribution < -0.4 is 5.43 Å². The Kier molecular flexibility index (Phi) is 6.34. The highest BCUT2D eigenvalue weighted by molar-refractivity contribution is 5.95. The van der Waals surface area contributed by atoms with Crippen LogP contribution in [0.5, 0.6) is 0 Å². The molecule has 4 nitrogen and oxygen atoms in total. The summed E-state index contributed by atoms with van der Waals surface area (Å²) in [4.78, 5) is 12.2. The first-order valence-electron chi connectivity index (χ1n) is 9.88. The Labute approximate surface area is 179 Å². The molecule has 0 spiro atoms. The zero-order chi connectivity index (χ0) is 22.8. The van der Waals surface area contributed by atoms with Crippen LogP contribution in [0.3, 0.4) is 0 Å². The van der Waals surface area contributed by atoms with Gasteiger partial charge in [-0.05, 0) is 61.7 Å². The monoisotopic (exact) mass is 427 g/mol. The second-order valence-electron chi connectivity index (χ2n) is 7.69. The molecule has 1 amide bonds. The second kappa shape index (κ2) is 8.79. The molecular formula is C24H24F3N3O. The van der Waals surface area contributed by atoms with Crippen LogP contribution in [0.2, 0.25) is 0 Å². The first-order chi connectivity index (χ1) is 14.6. The van der Waals surface area contributed by atoms with Gasteiger partial charge in [0, 0.05) is 28.2 Å². The van der Waals surface area contributed by atoms with Gasteiger partial charge in [0.05, 0.1) is 11.8 Å². The number of nitrogens with zero attached hydrogens (tertiary/aromatic N) is 2. The smallest absolute Gasteiger partial charge is 0.318 e. The van der Waals surface area contributed by atoms with Gasteiger partial charge in [0.25, 0.3) is 5.91 Å². The van der Waals surface area contributed by atoms with Crippen molar-refractivity contribution < 1.29 is 18.0 Å². The lowest BCUT2D eigenvalue weighted by molar-refractivity contribution is -0.137. The molecular weight excluding hydrogens is 403 g/mol. The second-order valence-corrected chi connectivity index (χ2v) is 7.69. The van der Waals surface area contributed by atoms with E-state index in [0.717, 1.165) is 34.8 Å². The molecule has 7 heteroatoms. The molecule has 31 heavy (non-hydrogen) atoms. The molecule has 0 bridgehead atoms. The summed E-state index contributed by atoms with van der Waals surface area (Å²) in [7, 11) is 0. The molecule has 1 aromatic heterocycles. The lowest BCUT2D eigenvalue weighted by Gasteiger charge is -2.12. The first-order valence-corrected chi connectivity index (χ1v) is 9.88. The maximum atomic E-state index is 12.8. The fraction of sp³-hybridized carbons (Fsp3) is 0.250. The van der Waals surface area contributed by atoms with Crippen molar-refractivity contribution >= 4 is 12.1 Å². The van der Waals surface area contributed by atoms with Gasteiger partial charge in [0.2, 0.25) is 0 Å². The molecule has 0 aliphatic rings. The predicted octanol–water partition coefficient (Wildman–Crippen LogP) is 6.00. The first kappa shape index (κ1) is 22.3. The summed E-state index contributed by atoms with van der Waals surface area (Å²) in [5.74, 6) is -0.260. The average Bonchev–Trinajstić information content (AvgIpc) is 3.00. The molecule has 0 saturated carbocycles. The average molecular weight is 427 g/mol. The molecule has 0 aliphatic heterocycles. The summed E-state index contributed by atoms with van der Waals surface area (Å²) >= 11 is 0. The highest BCUT2D eigenvalue weighted by Gasteiger charge is 2.30. The van der Waals surface area contributed by atoms with Crippen LogP contribution in [0.15, 0.2) is 59.7 Å². The maximum Gasteiger partial charge on any atom is 0.416 e. The van der Waals surface area contributed by atoms with Crippen LogP contribution in [0.25, 0.3) is 5.69 Å². The standard InChI is InChI=1S/C24H24F3N3O/c1-15(2)18-8-10-22(11-9-18)30-16(3)12-20(17(30)4)14-28-29-23(31)19-6-5-7-21(13-19)24(25,26)27/h5-15H,1-4H3,(H,29,31)/b28-14+. The minimum absolute atomic E-state index is 0.109. The molecule has 0 aliphatic carbocycles. The normalized spacial score (nSPS) is 12.0. The van der Waals surface area contributed by atoms with Crippen LogP contribution in [0.4, 0.5) is 13.2 Å². The SMILES string of the molecule is Cc1cc(/C=N/NC(=O)c2cccc(C(F)(F)F)c2)c(C)n1-c1ccc(C(C)C)cc1. The van der Waals surface area contributed by atoms with Crippen molar-refractivity contribution in [2.75, 3.05) is 0 Å². The third-order valence-corrected chi connectivity index (χ3v) is 5.11. The number of carbonyl (C=O) groups excluding carboxylic acids is 1. The van der Waals surface area contributed by atoms with Crippen LogP contribution in [0, 0.1) is 13.8 Å². The van der Waals surface area contributed by atoms with E-state index in [2.05, 4.69) is 53.2 Å². The predicted molar refractivity (Wildman–Crippen MR) is 116 cm³/mol. The van der Waals surface area contributed by atoms with E-state index in [1.165, 1.54) is 23.9 Å². The van der Waals surface area contributed by atoms with Crippen LogP contribution in [-0.2, 0) is 6.18 Å². The van der Waals surface area contributed by atoms with Gasteiger partial charge in [-0.3, -0.25) is 4.79 Å². The van der Waals surface area contributed by atoms with Gasteiger partial charge >= 0.3 is 6.18 Å². The van der Waals surface area contributed by atoms with Gasteiger partial charge in [-0.2, -0.15) is 18.3 Å². The molecule has 1 N–H and O–H groups in total. The highest BCUT2D eigenvalue weighted by Crippen LogP contribution is 2.29. The largest absolute Gasteiger partial charge is 0.416 e. The number of nitrogens with one attached hydrogen (secondary N) is 1. The van der Waals surface area contributed by atoms with Crippen LogP contribution >= 0.6 is 0 Å². The Morgan fingerprint density at radius 2 is 1.74 bits per heavy atom. The minimum Gasteiger partial charge on any atom is -0.318 e. The Morgan fingerprint density at radius 1 is 1.06 bits per heavy atom. The number of amides is 1. The molecule has 0 fully saturated rings. The lowest BCUT2D eigenvalue weighted by atomic mass is 10.0. The number of benzene rings is 2. The quantitative estimate of drug-likeness (QED) is 0.394. The molecule has 3 aromatic rings. The molecule has 1 heterocycles. The zero-order valence-electron chi connectivity index (χ0n) is 17.8. The van der Waals surface area contributed by atoms with E-state index in [1.54, 1.807) is 0 Å². The van der Waals surface area contributed by atoms with E-state index >= 15 is 0 Å². The number of halogens is 3. The Balaban J connectivity index is 1.76. The van der Waals surface area contributed by atoms with Crippen molar-refractivity contribution in [1.29, 1.82) is 0 Å². The van der Waals surface area contributed by atoms with Gasteiger partial charge in [0.1, 0.15) is 0 Å². The third-order valence-electron chi connectivity index (χ3n) is 5.11. The fourth-order valence-electron chi connectivity index (χ4n) is 3.39. The topological polar surface area (TPSA) is 46.4 Å². The number of hydrogen-bond donors (Lipinski definition) is 1. The molecule has 0 saturated heterocycles. The van der Waals surface area contributed by atoms with Gasteiger partial charge < -0.3 is 4.57 Å². The number of aromatic nitrogens is 1. The van der Waals surface area contributed by atoms with E-state index in [-0.39, 0.29) is 5.56 Å². The highest BCUT2D eigenvalue weighted by atomic mass is 19.4.